The molecule has 0 heterocycles. The van der Waals surface area contributed by atoms with Crippen molar-refractivity contribution in [1.29, 1.82) is 0 Å². The van der Waals surface area contributed by atoms with Crippen LogP contribution in [0.3, 0.4) is 0 Å². The van der Waals surface area contributed by atoms with Gasteiger partial charge < -0.3 is 14.6 Å². The van der Waals surface area contributed by atoms with Crippen molar-refractivity contribution < 1.29 is 19.4 Å². The van der Waals surface area contributed by atoms with Crippen molar-refractivity contribution in [2.45, 2.75) is 26.2 Å². The summed E-state index contributed by atoms with van der Waals surface area (Å²) in [7, 11) is 3.15. The summed E-state index contributed by atoms with van der Waals surface area (Å²) in [5.74, 6) is -0.182. The van der Waals surface area contributed by atoms with E-state index in [9.17, 15) is 9.90 Å². The predicted molar refractivity (Wildman–Crippen MR) is 89.5 cm³/mol. The molecule has 122 valence electrons. The molecule has 4 heteroatoms. The number of rotatable bonds is 6. The number of hydrogen-bond acceptors (Lipinski definition) is 3. The number of benzene rings is 2. The quantitative estimate of drug-likeness (QED) is 0.882. The van der Waals surface area contributed by atoms with Crippen LogP contribution in [0.1, 0.15) is 28.2 Å². The lowest BCUT2D eigenvalue weighted by Crippen LogP contribution is -2.15. The number of carboxylic acids is 1. The van der Waals surface area contributed by atoms with Gasteiger partial charge in [0.1, 0.15) is 0 Å². The molecule has 2 aromatic carbocycles. The fourth-order valence-corrected chi connectivity index (χ4v) is 2.57. The van der Waals surface area contributed by atoms with Gasteiger partial charge in [0, 0.05) is 0 Å². The molecule has 1 atom stereocenters. The van der Waals surface area contributed by atoms with Crippen molar-refractivity contribution in [3.05, 3.63) is 58.7 Å². The Kier molecular flexibility index (Phi) is 5.27. The van der Waals surface area contributed by atoms with Crippen LogP contribution in [0.4, 0.5) is 0 Å². The summed E-state index contributed by atoms with van der Waals surface area (Å²) in [5.41, 5.74) is 3.97. The first kappa shape index (κ1) is 16.9. The maximum absolute atomic E-state index is 11.7. The van der Waals surface area contributed by atoms with E-state index < -0.39 is 11.9 Å². The van der Waals surface area contributed by atoms with E-state index in [1.165, 1.54) is 0 Å². The highest BCUT2D eigenvalue weighted by atomic mass is 16.5. The van der Waals surface area contributed by atoms with Crippen LogP contribution in [0, 0.1) is 13.8 Å². The molecule has 0 spiro atoms. The zero-order valence-electron chi connectivity index (χ0n) is 13.9. The first-order valence-corrected chi connectivity index (χ1v) is 7.47. The molecule has 1 unspecified atom stereocenters. The molecule has 0 saturated carbocycles. The first-order chi connectivity index (χ1) is 11.0. The number of ether oxygens (including phenoxy) is 2. The van der Waals surface area contributed by atoms with Gasteiger partial charge in [-0.3, -0.25) is 4.79 Å². The minimum atomic E-state index is -0.831. The second-order valence-corrected chi connectivity index (χ2v) is 5.63. The summed E-state index contributed by atoms with van der Waals surface area (Å²) < 4.78 is 10.5. The van der Waals surface area contributed by atoms with Gasteiger partial charge in [-0.25, -0.2) is 0 Å². The van der Waals surface area contributed by atoms with E-state index in [0.717, 1.165) is 22.3 Å². The maximum atomic E-state index is 11.7. The monoisotopic (exact) mass is 314 g/mol. The zero-order chi connectivity index (χ0) is 17.0. The third-order valence-corrected chi connectivity index (χ3v) is 4.12. The van der Waals surface area contributed by atoms with E-state index in [2.05, 4.69) is 0 Å². The third-order valence-electron chi connectivity index (χ3n) is 4.12. The van der Waals surface area contributed by atoms with Crippen LogP contribution >= 0.6 is 0 Å². The van der Waals surface area contributed by atoms with E-state index in [-0.39, 0.29) is 0 Å². The SMILES string of the molecule is COc1ccc(CC(C(=O)O)c2ccc(C)c(C)c2)cc1OC. The number of aryl methyl sites for hydroxylation is 2. The van der Waals surface area contributed by atoms with Crippen molar-refractivity contribution in [1.82, 2.24) is 0 Å². The Labute approximate surface area is 136 Å². The Morgan fingerprint density at radius 2 is 1.70 bits per heavy atom. The van der Waals surface area contributed by atoms with Gasteiger partial charge in [-0.1, -0.05) is 24.3 Å². The molecule has 23 heavy (non-hydrogen) atoms. The van der Waals surface area contributed by atoms with Crippen molar-refractivity contribution in [3.63, 3.8) is 0 Å². The van der Waals surface area contributed by atoms with E-state index >= 15 is 0 Å². The summed E-state index contributed by atoms with van der Waals surface area (Å²) in [6, 6.07) is 11.3. The number of methoxy groups -OCH3 is 2. The molecule has 1 N–H and O–H groups in total. The van der Waals surface area contributed by atoms with Crippen LogP contribution in [0.25, 0.3) is 0 Å². The molecule has 0 aliphatic rings. The molecule has 0 aliphatic heterocycles. The molecule has 2 aromatic rings. The van der Waals surface area contributed by atoms with Crippen molar-refractivity contribution in [2.75, 3.05) is 14.2 Å². The third kappa shape index (κ3) is 3.83. The minimum absolute atomic E-state index is 0.401. The number of hydrogen-bond donors (Lipinski definition) is 1. The summed E-state index contributed by atoms with van der Waals surface area (Å²) in [4.78, 5) is 11.7. The largest absolute Gasteiger partial charge is 0.493 e. The minimum Gasteiger partial charge on any atom is -0.493 e. The molecule has 0 bridgehead atoms. The maximum Gasteiger partial charge on any atom is 0.311 e. The van der Waals surface area contributed by atoms with Gasteiger partial charge in [0.25, 0.3) is 0 Å². The molecular weight excluding hydrogens is 292 g/mol. The highest BCUT2D eigenvalue weighted by Crippen LogP contribution is 2.30. The molecule has 4 nitrogen and oxygen atoms in total. The second-order valence-electron chi connectivity index (χ2n) is 5.63. The fraction of sp³-hybridized carbons (Fsp3) is 0.316. The summed E-state index contributed by atoms with van der Waals surface area (Å²) in [6.45, 7) is 4.01. The van der Waals surface area contributed by atoms with Crippen LogP contribution < -0.4 is 9.47 Å². The van der Waals surface area contributed by atoms with Crippen LogP contribution in [-0.4, -0.2) is 25.3 Å². The Bertz CT molecular complexity index is 707. The van der Waals surface area contributed by atoms with Crippen molar-refractivity contribution in [2.24, 2.45) is 0 Å². The van der Waals surface area contributed by atoms with Gasteiger partial charge in [0.15, 0.2) is 11.5 Å². The van der Waals surface area contributed by atoms with Crippen LogP contribution in [-0.2, 0) is 11.2 Å². The van der Waals surface area contributed by atoms with Crippen LogP contribution in [0.15, 0.2) is 36.4 Å². The van der Waals surface area contributed by atoms with Gasteiger partial charge in [0.05, 0.1) is 20.1 Å². The zero-order valence-corrected chi connectivity index (χ0v) is 13.9. The fourth-order valence-electron chi connectivity index (χ4n) is 2.57. The number of carboxylic acid groups (broad SMARTS) is 1. The Morgan fingerprint density at radius 3 is 2.26 bits per heavy atom. The lowest BCUT2D eigenvalue weighted by Gasteiger charge is -2.16. The van der Waals surface area contributed by atoms with Gasteiger partial charge in [-0.15, -0.1) is 0 Å². The first-order valence-electron chi connectivity index (χ1n) is 7.47. The number of aliphatic carboxylic acids is 1. The smallest absolute Gasteiger partial charge is 0.311 e. The molecule has 0 aromatic heterocycles. The molecular formula is C19H22O4. The lowest BCUT2D eigenvalue weighted by molar-refractivity contribution is -0.138. The Morgan fingerprint density at radius 1 is 1.00 bits per heavy atom. The second kappa shape index (κ2) is 7.18. The van der Waals surface area contributed by atoms with E-state index in [1.54, 1.807) is 20.3 Å². The summed E-state index contributed by atoms with van der Waals surface area (Å²) >= 11 is 0. The topological polar surface area (TPSA) is 55.8 Å². The van der Waals surface area contributed by atoms with Gasteiger partial charge in [-0.05, 0) is 54.7 Å². The molecule has 0 amide bonds. The van der Waals surface area contributed by atoms with Gasteiger partial charge in [-0.2, -0.15) is 0 Å². The average molecular weight is 314 g/mol. The van der Waals surface area contributed by atoms with E-state index in [0.29, 0.717) is 17.9 Å². The van der Waals surface area contributed by atoms with Crippen LogP contribution in [0.2, 0.25) is 0 Å². The highest BCUT2D eigenvalue weighted by Gasteiger charge is 2.21. The summed E-state index contributed by atoms with van der Waals surface area (Å²) in [5, 5.41) is 9.62. The van der Waals surface area contributed by atoms with Crippen molar-refractivity contribution >= 4 is 5.97 Å². The molecule has 0 fully saturated rings. The normalized spacial score (nSPS) is 11.8. The molecule has 2 rings (SSSR count). The van der Waals surface area contributed by atoms with E-state index in [1.807, 2.05) is 44.2 Å². The van der Waals surface area contributed by atoms with Crippen LogP contribution in [0.5, 0.6) is 11.5 Å². The van der Waals surface area contributed by atoms with E-state index in [4.69, 9.17) is 9.47 Å². The van der Waals surface area contributed by atoms with Crippen molar-refractivity contribution in [3.8, 4) is 11.5 Å². The molecule has 0 radical (unpaired) electrons. The summed E-state index contributed by atoms with van der Waals surface area (Å²) in [6.07, 6.45) is 0.401. The van der Waals surface area contributed by atoms with Gasteiger partial charge in [0.2, 0.25) is 0 Å². The molecule has 0 aliphatic carbocycles. The Balaban J connectivity index is 2.33. The average Bonchev–Trinajstić information content (AvgIpc) is 2.54. The van der Waals surface area contributed by atoms with Gasteiger partial charge >= 0.3 is 5.97 Å². The molecule has 0 saturated heterocycles. The number of carbonyl (C=O) groups is 1. The highest BCUT2D eigenvalue weighted by molar-refractivity contribution is 5.76. The lowest BCUT2D eigenvalue weighted by atomic mass is 9.90. The standard InChI is InChI=1S/C19H22O4/c1-12-5-7-15(9-13(12)2)16(19(20)21)10-14-6-8-17(22-3)18(11-14)23-4/h5-9,11,16H,10H2,1-4H3,(H,20,21). The predicted octanol–water partition coefficient (Wildman–Crippen LogP) is 3.73. The Hall–Kier alpha value is -2.49.